The maximum absolute atomic E-state index is 2.36. The first kappa shape index (κ1) is 13.1. The summed E-state index contributed by atoms with van der Waals surface area (Å²) in [6.07, 6.45) is 3.82. The Balaban J connectivity index is 2.30. The highest BCUT2D eigenvalue weighted by Gasteiger charge is 2.04. The molecule has 0 bridgehead atoms. The van der Waals surface area contributed by atoms with Crippen LogP contribution in [0.3, 0.4) is 0 Å². The molecule has 0 aliphatic rings. The fourth-order valence-corrected chi connectivity index (χ4v) is 2.53. The van der Waals surface area contributed by atoms with E-state index in [1.807, 2.05) is 0 Å². The zero-order valence-corrected chi connectivity index (χ0v) is 12.1. The van der Waals surface area contributed by atoms with Crippen molar-refractivity contribution in [2.24, 2.45) is 5.92 Å². The first-order valence-electron chi connectivity index (χ1n) is 7.07. The summed E-state index contributed by atoms with van der Waals surface area (Å²) in [7, 11) is 0. The number of benzene rings is 2. The number of rotatable bonds is 4. The summed E-state index contributed by atoms with van der Waals surface area (Å²) in [6.45, 7) is 9.01. The Morgan fingerprint density at radius 1 is 1.00 bits per heavy atom. The first-order chi connectivity index (χ1) is 8.58. The van der Waals surface area contributed by atoms with Gasteiger partial charge in [0.2, 0.25) is 0 Å². The summed E-state index contributed by atoms with van der Waals surface area (Å²) in [5.74, 6) is 0.809. The van der Waals surface area contributed by atoms with Crippen LogP contribution in [0.5, 0.6) is 0 Å². The van der Waals surface area contributed by atoms with Crippen molar-refractivity contribution < 1.29 is 0 Å². The van der Waals surface area contributed by atoms with Crippen LogP contribution in [-0.2, 0) is 6.42 Å². The lowest BCUT2D eigenvalue weighted by atomic mass is 9.95. The average molecular weight is 240 g/mol. The minimum atomic E-state index is 0.809. The molecule has 0 atom stereocenters. The Morgan fingerprint density at radius 2 is 1.72 bits per heavy atom. The molecule has 2 aromatic rings. The molecule has 2 rings (SSSR count). The van der Waals surface area contributed by atoms with Crippen LogP contribution in [0.4, 0.5) is 0 Å². The molecule has 0 heterocycles. The van der Waals surface area contributed by atoms with Crippen LogP contribution in [0, 0.1) is 19.8 Å². The van der Waals surface area contributed by atoms with Gasteiger partial charge in [0.05, 0.1) is 0 Å². The first-order valence-corrected chi connectivity index (χ1v) is 7.07. The van der Waals surface area contributed by atoms with Gasteiger partial charge in [-0.3, -0.25) is 0 Å². The third-order valence-corrected chi connectivity index (χ3v) is 3.81. The second kappa shape index (κ2) is 5.56. The summed E-state index contributed by atoms with van der Waals surface area (Å²) in [4.78, 5) is 0. The normalized spacial score (nSPS) is 11.4. The van der Waals surface area contributed by atoms with Gasteiger partial charge in [-0.25, -0.2) is 0 Å². The molecule has 0 aliphatic carbocycles. The third kappa shape index (κ3) is 2.93. The van der Waals surface area contributed by atoms with Crippen LogP contribution < -0.4 is 0 Å². The van der Waals surface area contributed by atoms with E-state index in [1.165, 1.54) is 46.7 Å². The van der Waals surface area contributed by atoms with E-state index < -0.39 is 0 Å². The quantitative estimate of drug-likeness (QED) is 0.668. The van der Waals surface area contributed by atoms with Crippen molar-refractivity contribution in [3.63, 3.8) is 0 Å². The largest absolute Gasteiger partial charge is 0.0628 e. The second-order valence-electron chi connectivity index (χ2n) is 5.86. The van der Waals surface area contributed by atoms with Gasteiger partial charge >= 0.3 is 0 Å². The van der Waals surface area contributed by atoms with E-state index in [-0.39, 0.29) is 0 Å². The predicted molar refractivity (Wildman–Crippen MR) is 81.2 cm³/mol. The predicted octanol–water partition coefficient (Wildman–Crippen LogP) is 5.44. The fourth-order valence-electron chi connectivity index (χ4n) is 2.53. The smallest absolute Gasteiger partial charge is 0.0149 e. The van der Waals surface area contributed by atoms with Gasteiger partial charge in [-0.1, -0.05) is 50.6 Å². The molecule has 0 unspecified atom stereocenters. The fraction of sp³-hybridized carbons (Fsp3) is 0.444. The van der Waals surface area contributed by atoms with Gasteiger partial charge in [-0.15, -0.1) is 0 Å². The van der Waals surface area contributed by atoms with Gasteiger partial charge in [-0.2, -0.15) is 0 Å². The van der Waals surface area contributed by atoms with Crippen molar-refractivity contribution >= 4 is 10.8 Å². The maximum atomic E-state index is 2.36. The highest BCUT2D eigenvalue weighted by molar-refractivity contribution is 5.87. The number of aryl methyl sites for hydroxylation is 3. The number of hydrogen-bond acceptors (Lipinski definition) is 0. The standard InChI is InChI=1S/C18H24/c1-13(2)7-5-8-16-9-6-10-17-11-14(3)15(4)12-18(16)17/h6,9-13H,5,7-8H2,1-4H3. The Labute approximate surface area is 111 Å². The summed E-state index contributed by atoms with van der Waals surface area (Å²) in [5.41, 5.74) is 4.30. The van der Waals surface area contributed by atoms with Crippen LogP contribution >= 0.6 is 0 Å². The Bertz CT molecular complexity index is 535. The van der Waals surface area contributed by atoms with Crippen LogP contribution in [0.25, 0.3) is 10.8 Å². The Hall–Kier alpha value is -1.30. The van der Waals surface area contributed by atoms with Crippen LogP contribution in [0.15, 0.2) is 30.3 Å². The molecule has 0 nitrogen and oxygen atoms in total. The monoisotopic (exact) mass is 240 g/mol. The van der Waals surface area contributed by atoms with E-state index in [1.54, 1.807) is 0 Å². The van der Waals surface area contributed by atoms with Crippen molar-refractivity contribution in [3.05, 3.63) is 47.0 Å². The molecule has 0 heteroatoms. The molecular formula is C18H24. The van der Waals surface area contributed by atoms with Crippen molar-refractivity contribution in [2.45, 2.75) is 47.0 Å². The molecule has 0 amide bonds. The molecule has 0 fully saturated rings. The molecule has 0 spiro atoms. The van der Waals surface area contributed by atoms with Crippen molar-refractivity contribution in [2.75, 3.05) is 0 Å². The topological polar surface area (TPSA) is 0 Å². The molecule has 2 aromatic carbocycles. The van der Waals surface area contributed by atoms with Crippen LogP contribution in [0.1, 0.15) is 43.4 Å². The molecule has 0 aliphatic heterocycles. The highest BCUT2D eigenvalue weighted by Crippen LogP contribution is 2.24. The van der Waals surface area contributed by atoms with Gasteiger partial charge in [0, 0.05) is 0 Å². The zero-order valence-electron chi connectivity index (χ0n) is 12.1. The van der Waals surface area contributed by atoms with E-state index in [2.05, 4.69) is 58.0 Å². The molecule has 18 heavy (non-hydrogen) atoms. The van der Waals surface area contributed by atoms with E-state index in [0.717, 1.165) is 5.92 Å². The van der Waals surface area contributed by atoms with E-state index in [9.17, 15) is 0 Å². The zero-order chi connectivity index (χ0) is 13.1. The van der Waals surface area contributed by atoms with E-state index in [4.69, 9.17) is 0 Å². The lowest BCUT2D eigenvalue weighted by Crippen LogP contribution is -1.93. The van der Waals surface area contributed by atoms with Gasteiger partial charge < -0.3 is 0 Å². The van der Waals surface area contributed by atoms with Crippen LogP contribution in [0.2, 0.25) is 0 Å². The maximum Gasteiger partial charge on any atom is -0.0149 e. The molecule has 0 saturated heterocycles. The SMILES string of the molecule is Cc1cc2cccc(CCCC(C)C)c2cc1C. The lowest BCUT2D eigenvalue weighted by Gasteiger charge is -2.10. The Morgan fingerprint density at radius 3 is 2.44 bits per heavy atom. The van der Waals surface area contributed by atoms with Crippen LogP contribution in [-0.4, -0.2) is 0 Å². The van der Waals surface area contributed by atoms with Crippen molar-refractivity contribution in [1.82, 2.24) is 0 Å². The summed E-state index contributed by atoms with van der Waals surface area (Å²) in [6, 6.07) is 11.4. The minimum Gasteiger partial charge on any atom is -0.0628 e. The number of fused-ring (bicyclic) bond motifs is 1. The molecule has 96 valence electrons. The average Bonchev–Trinajstić information content (AvgIpc) is 2.31. The van der Waals surface area contributed by atoms with Gasteiger partial charge in [0.15, 0.2) is 0 Å². The van der Waals surface area contributed by atoms with Gasteiger partial charge in [0.1, 0.15) is 0 Å². The molecule has 0 saturated carbocycles. The van der Waals surface area contributed by atoms with E-state index in [0.29, 0.717) is 0 Å². The summed E-state index contributed by atoms with van der Waals surface area (Å²) < 4.78 is 0. The minimum absolute atomic E-state index is 0.809. The number of hydrogen-bond donors (Lipinski definition) is 0. The molecular weight excluding hydrogens is 216 g/mol. The van der Waals surface area contributed by atoms with E-state index >= 15 is 0 Å². The van der Waals surface area contributed by atoms with Crippen molar-refractivity contribution in [3.8, 4) is 0 Å². The Kier molecular flexibility index (Phi) is 4.06. The van der Waals surface area contributed by atoms with Gasteiger partial charge in [0.25, 0.3) is 0 Å². The second-order valence-corrected chi connectivity index (χ2v) is 5.86. The summed E-state index contributed by atoms with van der Waals surface area (Å²) >= 11 is 0. The molecule has 0 radical (unpaired) electrons. The van der Waals surface area contributed by atoms with Crippen molar-refractivity contribution in [1.29, 1.82) is 0 Å². The third-order valence-electron chi connectivity index (χ3n) is 3.81. The highest BCUT2D eigenvalue weighted by atomic mass is 14.1. The lowest BCUT2D eigenvalue weighted by molar-refractivity contribution is 0.556. The molecule has 0 N–H and O–H groups in total. The summed E-state index contributed by atoms with van der Waals surface area (Å²) in [5, 5.41) is 2.84. The van der Waals surface area contributed by atoms with Gasteiger partial charge in [-0.05, 0) is 60.1 Å². The molecule has 0 aromatic heterocycles.